The third-order valence-electron chi connectivity index (χ3n) is 3.75. The predicted octanol–water partition coefficient (Wildman–Crippen LogP) is 2.15. The van der Waals surface area contributed by atoms with Crippen molar-refractivity contribution in [3.05, 3.63) is 35.4 Å². The lowest BCUT2D eigenvalue weighted by molar-refractivity contribution is 0.00186. The molecule has 0 amide bonds. The summed E-state index contributed by atoms with van der Waals surface area (Å²) < 4.78 is 5.36. The average Bonchev–Trinajstić information content (AvgIpc) is 2.42. The Kier molecular flexibility index (Phi) is 4.00. The molecule has 1 heterocycles. The molecule has 3 nitrogen and oxygen atoms in total. The molecule has 1 unspecified atom stereocenters. The number of benzene rings is 1. The van der Waals surface area contributed by atoms with Gasteiger partial charge in [-0.15, -0.1) is 0 Å². The summed E-state index contributed by atoms with van der Waals surface area (Å²) in [5.41, 5.74) is 2.08. The number of ether oxygens (including phenoxy) is 1. The minimum atomic E-state index is -0.435. The third kappa shape index (κ3) is 2.72. The molecule has 1 aromatic rings. The van der Waals surface area contributed by atoms with Crippen LogP contribution < -0.4 is 0 Å². The number of aryl methyl sites for hydroxylation is 1. The average molecular weight is 244 g/mol. The molecule has 3 heteroatoms. The van der Waals surface area contributed by atoms with Crippen LogP contribution in [0.15, 0.2) is 24.3 Å². The Bertz CT molecular complexity index is 446. The molecule has 1 atom stereocenters. The lowest BCUT2D eigenvalue weighted by Crippen LogP contribution is -2.52. The van der Waals surface area contributed by atoms with Crippen molar-refractivity contribution in [3.63, 3.8) is 0 Å². The number of hydrogen-bond acceptors (Lipinski definition) is 3. The monoisotopic (exact) mass is 244 g/mol. The van der Waals surface area contributed by atoms with Crippen LogP contribution in [0.4, 0.5) is 0 Å². The largest absolute Gasteiger partial charge is 0.379 e. The number of nitrogens with zero attached hydrogens (tertiary/aromatic N) is 2. The summed E-state index contributed by atoms with van der Waals surface area (Å²) in [4.78, 5) is 2.24. The van der Waals surface area contributed by atoms with Gasteiger partial charge in [-0.2, -0.15) is 5.26 Å². The predicted molar refractivity (Wildman–Crippen MR) is 71.3 cm³/mol. The van der Waals surface area contributed by atoms with E-state index in [2.05, 4.69) is 30.0 Å². The van der Waals surface area contributed by atoms with Gasteiger partial charge < -0.3 is 4.74 Å². The van der Waals surface area contributed by atoms with Crippen molar-refractivity contribution >= 4 is 0 Å². The smallest absolute Gasteiger partial charge is 0.110 e. The van der Waals surface area contributed by atoms with E-state index in [-0.39, 0.29) is 0 Å². The van der Waals surface area contributed by atoms with E-state index in [1.807, 2.05) is 19.1 Å². The Morgan fingerprint density at radius 2 is 2.00 bits per heavy atom. The molecule has 0 aromatic heterocycles. The van der Waals surface area contributed by atoms with Gasteiger partial charge in [-0.3, -0.25) is 4.90 Å². The van der Waals surface area contributed by atoms with Gasteiger partial charge in [-0.25, -0.2) is 0 Å². The highest BCUT2D eigenvalue weighted by Crippen LogP contribution is 2.23. The Hall–Kier alpha value is -1.37. The maximum atomic E-state index is 9.56. The van der Waals surface area contributed by atoms with Crippen LogP contribution in [-0.2, 0) is 11.2 Å². The summed E-state index contributed by atoms with van der Waals surface area (Å²) >= 11 is 0. The van der Waals surface area contributed by atoms with Gasteiger partial charge >= 0.3 is 0 Å². The van der Waals surface area contributed by atoms with E-state index in [0.29, 0.717) is 0 Å². The molecule has 0 radical (unpaired) electrons. The first-order valence-corrected chi connectivity index (χ1v) is 6.44. The van der Waals surface area contributed by atoms with Crippen LogP contribution in [0.3, 0.4) is 0 Å². The Labute approximate surface area is 109 Å². The molecule has 0 aliphatic carbocycles. The van der Waals surface area contributed by atoms with Crippen molar-refractivity contribution in [1.82, 2.24) is 4.90 Å². The molecule has 1 aliphatic rings. The first-order valence-electron chi connectivity index (χ1n) is 6.44. The van der Waals surface area contributed by atoms with E-state index in [1.54, 1.807) is 0 Å². The maximum Gasteiger partial charge on any atom is 0.110 e. The molecular weight excluding hydrogens is 224 g/mol. The summed E-state index contributed by atoms with van der Waals surface area (Å²) in [6, 6.07) is 10.8. The zero-order valence-electron chi connectivity index (χ0n) is 11.1. The van der Waals surface area contributed by atoms with Gasteiger partial charge in [0.05, 0.1) is 19.3 Å². The van der Waals surface area contributed by atoms with Crippen molar-refractivity contribution in [2.45, 2.75) is 25.8 Å². The number of hydrogen-bond donors (Lipinski definition) is 0. The first-order chi connectivity index (χ1) is 8.65. The van der Waals surface area contributed by atoms with E-state index in [9.17, 15) is 5.26 Å². The van der Waals surface area contributed by atoms with Crippen LogP contribution in [-0.4, -0.2) is 36.7 Å². The highest BCUT2D eigenvalue weighted by Gasteiger charge is 2.33. The summed E-state index contributed by atoms with van der Waals surface area (Å²) in [7, 11) is 0. The fourth-order valence-corrected chi connectivity index (χ4v) is 2.46. The van der Waals surface area contributed by atoms with Gasteiger partial charge in [0, 0.05) is 19.5 Å². The van der Waals surface area contributed by atoms with E-state index in [1.165, 1.54) is 11.1 Å². The second-order valence-electron chi connectivity index (χ2n) is 5.09. The molecule has 1 aliphatic heterocycles. The lowest BCUT2D eigenvalue weighted by Gasteiger charge is -2.38. The minimum absolute atomic E-state index is 0.435. The van der Waals surface area contributed by atoms with Crippen LogP contribution >= 0.6 is 0 Å². The molecule has 0 saturated carbocycles. The normalized spacial score (nSPS) is 20.1. The lowest BCUT2D eigenvalue weighted by atomic mass is 9.90. The Balaban J connectivity index is 2.18. The van der Waals surface area contributed by atoms with Crippen molar-refractivity contribution in [3.8, 4) is 6.07 Å². The number of nitriles is 1. The summed E-state index contributed by atoms with van der Waals surface area (Å²) in [5.74, 6) is 0. The zero-order valence-corrected chi connectivity index (χ0v) is 11.1. The molecule has 0 bridgehead atoms. The van der Waals surface area contributed by atoms with Crippen LogP contribution in [0.5, 0.6) is 0 Å². The highest BCUT2D eigenvalue weighted by atomic mass is 16.5. The highest BCUT2D eigenvalue weighted by molar-refractivity contribution is 5.29. The van der Waals surface area contributed by atoms with Crippen molar-refractivity contribution in [2.75, 3.05) is 26.3 Å². The van der Waals surface area contributed by atoms with E-state index >= 15 is 0 Å². The Morgan fingerprint density at radius 1 is 1.33 bits per heavy atom. The first kappa shape index (κ1) is 13.1. The molecule has 0 N–H and O–H groups in total. The summed E-state index contributed by atoms with van der Waals surface area (Å²) in [5, 5.41) is 9.56. The fourth-order valence-electron chi connectivity index (χ4n) is 2.46. The minimum Gasteiger partial charge on any atom is -0.379 e. The van der Waals surface area contributed by atoms with Gasteiger partial charge in [-0.1, -0.05) is 24.3 Å². The molecule has 96 valence electrons. The summed E-state index contributed by atoms with van der Waals surface area (Å²) in [6.45, 7) is 7.28. The number of rotatable bonds is 3. The van der Waals surface area contributed by atoms with Crippen LogP contribution in [0.25, 0.3) is 0 Å². The molecule has 0 spiro atoms. The summed E-state index contributed by atoms with van der Waals surface area (Å²) in [6.07, 6.45) is 0.774. The molecule has 18 heavy (non-hydrogen) atoms. The number of morpholine rings is 1. The van der Waals surface area contributed by atoms with Gasteiger partial charge in [0.15, 0.2) is 0 Å². The van der Waals surface area contributed by atoms with Crippen molar-refractivity contribution in [2.24, 2.45) is 0 Å². The second kappa shape index (κ2) is 5.51. The molecular formula is C15H20N2O. The van der Waals surface area contributed by atoms with E-state index < -0.39 is 5.54 Å². The van der Waals surface area contributed by atoms with E-state index in [0.717, 1.165) is 32.7 Å². The SMILES string of the molecule is Cc1ccccc1CC(C)(C#N)N1CCOCC1. The second-order valence-corrected chi connectivity index (χ2v) is 5.09. The maximum absolute atomic E-state index is 9.56. The van der Waals surface area contributed by atoms with Gasteiger partial charge in [0.1, 0.15) is 5.54 Å². The standard InChI is InChI=1S/C15H20N2O/c1-13-5-3-4-6-14(13)11-15(2,12-16)17-7-9-18-10-8-17/h3-6H,7-11H2,1-2H3. The van der Waals surface area contributed by atoms with Crippen LogP contribution in [0, 0.1) is 18.3 Å². The molecule has 1 aromatic carbocycles. The molecule has 1 fully saturated rings. The quantitative estimate of drug-likeness (QED) is 0.817. The van der Waals surface area contributed by atoms with Crippen molar-refractivity contribution in [1.29, 1.82) is 5.26 Å². The fraction of sp³-hybridized carbons (Fsp3) is 0.533. The van der Waals surface area contributed by atoms with Crippen LogP contribution in [0.1, 0.15) is 18.1 Å². The van der Waals surface area contributed by atoms with Gasteiger partial charge in [0.25, 0.3) is 0 Å². The Morgan fingerprint density at radius 3 is 2.61 bits per heavy atom. The molecule has 2 rings (SSSR count). The van der Waals surface area contributed by atoms with Crippen molar-refractivity contribution < 1.29 is 4.74 Å². The van der Waals surface area contributed by atoms with Crippen LogP contribution in [0.2, 0.25) is 0 Å². The van der Waals surface area contributed by atoms with Gasteiger partial charge in [-0.05, 0) is 25.0 Å². The zero-order chi connectivity index (χ0) is 13.0. The molecule has 1 saturated heterocycles. The van der Waals surface area contributed by atoms with E-state index in [4.69, 9.17) is 4.74 Å². The van der Waals surface area contributed by atoms with Gasteiger partial charge in [0.2, 0.25) is 0 Å². The third-order valence-corrected chi connectivity index (χ3v) is 3.75. The topological polar surface area (TPSA) is 36.3 Å².